The maximum atomic E-state index is 11.1. The predicted molar refractivity (Wildman–Crippen MR) is 58.2 cm³/mol. The Morgan fingerprint density at radius 1 is 1.67 bits per heavy atom. The van der Waals surface area contributed by atoms with Gasteiger partial charge in [0.25, 0.3) is 0 Å². The number of aromatic nitrogens is 1. The van der Waals surface area contributed by atoms with Crippen molar-refractivity contribution in [1.82, 2.24) is 4.98 Å². The monoisotopic (exact) mass is 206 g/mol. The van der Waals surface area contributed by atoms with Gasteiger partial charge < -0.3 is 10.1 Å². The molecule has 4 heteroatoms. The van der Waals surface area contributed by atoms with Gasteiger partial charge in [-0.15, -0.1) is 0 Å². The molecule has 0 aliphatic rings. The SMILES string of the molecule is CCOC(=O)/C=C(\C)Nc1cccnc1. The van der Waals surface area contributed by atoms with Gasteiger partial charge in [-0.25, -0.2) is 4.79 Å². The first-order valence-corrected chi connectivity index (χ1v) is 4.74. The number of anilines is 1. The van der Waals surface area contributed by atoms with E-state index in [0.717, 1.165) is 11.4 Å². The number of nitrogens with zero attached hydrogens (tertiary/aromatic N) is 1. The standard InChI is InChI=1S/C11H14N2O2/c1-3-15-11(14)7-9(2)13-10-5-4-6-12-8-10/h4-8,13H,3H2,1-2H3/b9-7+. The maximum absolute atomic E-state index is 11.1. The molecule has 1 N–H and O–H groups in total. The van der Waals surface area contributed by atoms with Gasteiger partial charge in [0, 0.05) is 18.0 Å². The van der Waals surface area contributed by atoms with Gasteiger partial charge in [0.1, 0.15) is 0 Å². The Labute approximate surface area is 89.0 Å². The summed E-state index contributed by atoms with van der Waals surface area (Å²) in [6.07, 6.45) is 4.79. The minimum Gasteiger partial charge on any atom is -0.463 e. The summed E-state index contributed by atoms with van der Waals surface area (Å²) >= 11 is 0. The fourth-order valence-electron chi connectivity index (χ4n) is 1.06. The minimum absolute atomic E-state index is 0.341. The Morgan fingerprint density at radius 3 is 3.07 bits per heavy atom. The molecule has 0 unspecified atom stereocenters. The number of allylic oxidation sites excluding steroid dienone is 1. The lowest BCUT2D eigenvalue weighted by Gasteiger charge is -2.05. The summed E-state index contributed by atoms with van der Waals surface area (Å²) in [7, 11) is 0. The van der Waals surface area contributed by atoms with E-state index in [0.29, 0.717) is 6.61 Å². The van der Waals surface area contributed by atoms with E-state index in [1.807, 2.05) is 12.1 Å². The number of pyridine rings is 1. The smallest absolute Gasteiger partial charge is 0.332 e. The molecule has 0 aromatic carbocycles. The third-order valence-corrected chi connectivity index (χ3v) is 1.62. The molecule has 1 aromatic rings. The fraction of sp³-hybridized carbons (Fsp3) is 0.273. The largest absolute Gasteiger partial charge is 0.463 e. The quantitative estimate of drug-likeness (QED) is 0.604. The van der Waals surface area contributed by atoms with Gasteiger partial charge in [0.2, 0.25) is 0 Å². The van der Waals surface area contributed by atoms with E-state index in [1.165, 1.54) is 6.08 Å². The van der Waals surface area contributed by atoms with E-state index in [-0.39, 0.29) is 5.97 Å². The topological polar surface area (TPSA) is 51.2 Å². The number of nitrogens with one attached hydrogen (secondary N) is 1. The molecule has 0 fully saturated rings. The van der Waals surface area contributed by atoms with Crippen LogP contribution in [0.1, 0.15) is 13.8 Å². The highest BCUT2D eigenvalue weighted by Gasteiger charge is 1.98. The van der Waals surface area contributed by atoms with E-state index in [1.54, 1.807) is 26.2 Å². The van der Waals surface area contributed by atoms with E-state index in [2.05, 4.69) is 10.3 Å². The van der Waals surface area contributed by atoms with Gasteiger partial charge in [-0.1, -0.05) is 0 Å². The molecule has 1 heterocycles. The molecular weight excluding hydrogens is 192 g/mol. The molecule has 0 aliphatic carbocycles. The van der Waals surface area contributed by atoms with Crippen LogP contribution in [-0.2, 0) is 9.53 Å². The van der Waals surface area contributed by atoms with Gasteiger partial charge >= 0.3 is 5.97 Å². The average molecular weight is 206 g/mol. The molecule has 0 bridgehead atoms. The van der Waals surface area contributed by atoms with Gasteiger partial charge in [-0.05, 0) is 26.0 Å². The first-order valence-electron chi connectivity index (χ1n) is 4.74. The molecule has 4 nitrogen and oxygen atoms in total. The lowest BCUT2D eigenvalue weighted by molar-refractivity contribution is -0.137. The van der Waals surface area contributed by atoms with Crippen LogP contribution in [0.2, 0.25) is 0 Å². The van der Waals surface area contributed by atoms with E-state index >= 15 is 0 Å². The zero-order chi connectivity index (χ0) is 11.1. The van der Waals surface area contributed by atoms with Gasteiger partial charge in [-0.3, -0.25) is 4.98 Å². The molecule has 0 spiro atoms. The lowest BCUT2D eigenvalue weighted by Crippen LogP contribution is -2.04. The molecular formula is C11H14N2O2. The predicted octanol–water partition coefficient (Wildman–Crippen LogP) is 1.96. The Balaban J connectivity index is 2.55. The summed E-state index contributed by atoms with van der Waals surface area (Å²) in [5.74, 6) is -0.341. The zero-order valence-corrected chi connectivity index (χ0v) is 8.86. The van der Waals surface area contributed by atoms with E-state index in [4.69, 9.17) is 4.74 Å². The Hall–Kier alpha value is -1.84. The first-order chi connectivity index (χ1) is 7.22. The average Bonchev–Trinajstić information content (AvgIpc) is 2.19. The fourth-order valence-corrected chi connectivity index (χ4v) is 1.06. The lowest BCUT2D eigenvalue weighted by atomic mass is 10.3. The molecule has 0 saturated carbocycles. The summed E-state index contributed by atoms with van der Waals surface area (Å²) in [4.78, 5) is 15.0. The number of esters is 1. The van der Waals surface area contributed by atoms with Crippen LogP contribution in [0, 0.1) is 0 Å². The van der Waals surface area contributed by atoms with Gasteiger partial charge in [-0.2, -0.15) is 0 Å². The van der Waals surface area contributed by atoms with Crippen molar-refractivity contribution in [1.29, 1.82) is 0 Å². The summed E-state index contributed by atoms with van der Waals surface area (Å²) in [5, 5.41) is 3.03. The maximum Gasteiger partial charge on any atom is 0.332 e. The highest BCUT2D eigenvalue weighted by Crippen LogP contribution is 2.06. The summed E-state index contributed by atoms with van der Waals surface area (Å²) in [6, 6.07) is 3.69. The van der Waals surface area contributed by atoms with Crippen molar-refractivity contribution >= 4 is 11.7 Å². The zero-order valence-electron chi connectivity index (χ0n) is 8.86. The number of ether oxygens (including phenoxy) is 1. The number of hydrogen-bond acceptors (Lipinski definition) is 4. The molecule has 0 amide bonds. The van der Waals surface area contributed by atoms with Crippen LogP contribution in [0.4, 0.5) is 5.69 Å². The Bertz CT molecular complexity index is 347. The number of carbonyl (C=O) groups excluding carboxylic acids is 1. The van der Waals surface area contributed by atoms with Crippen molar-refractivity contribution in [3.8, 4) is 0 Å². The van der Waals surface area contributed by atoms with Crippen LogP contribution in [0.5, 0.6) is 0 Å². The molecule has 80 valence electrons. The highest BCUT2D eigenvalue weighted by molar-refractivity contribution is 5.83. The number of rotatable bonds is 4. The van der Waals surface area contributed by atoms with Crippen molar-refractivity contribution in [2.24, 2.45) is 0 Å². The van der Waals surface area contributed by atoms with Crippen LogP contribution >= 0.6 is 0 Å². The summed E-state index contributed by atoms with van der Waals surface area (Å²) in [5.41, 5.74) is 1.57. The molecule has 15 heavy (non-hydrogen) atoms. The molecule has 1 aromatic heterocycles. The van der Waals surface area contributed by atoms with E-state index < -0.39 is 0 Å². The van der Waals surface area contributed by atoms with Crippen molar-refractivity contribution in [2.75, 3.05) is 11.9 Å². The van der Waals surface area contributed by atoms with Crippen molar-refractivity contribution in [2.45, 2.75) is 13.8 Å². The van der Waals surface area contributed by atoms with Crippen LogP contribution in [0.15, 0.2) is 36.3 Å². The normalized spacial score (nSPS) is 10.9. The van der Waals surface area contributed by atoms with Crippen molar-refractivity contribution in [3.63, 3.8) is 0 Å². The third-order valence-electron chi connectivity index (χ3n) is 1.62. The summed E-state index contributed by atoms with van der Waals surface area (Å²) in [6.45, 7) is 3.95. The van der Waals surface area contributed by atoms with Crippen LogP contribution in [0.25, 0.3) is 0 Å². The molecule has 0 aliphatic heterocycles. The van der Waals surface area contributed by atoms with Crippen molar-refractivity contribution in [3.05, 3.63) is 36.3 Å². The number of hydrogen-bond donors (Lipinski definition) is 1. The molecule has 0 radical (unpaired) electrons. The first kappa shape index (κ1) is 11.2. The number of carbonyl (C=O) groups is 1. The minimum atomic E-state index is -0.341. The van der Waals surface area contributed by atoms with Crippen molar-refractivity contribution < 1.29 is 9.53 Å². The summed E-state index contributed by atoms with van der Waals surface area (Å²) < 4.78 is 4.78. The second-order valence-electron chi connectivity index (χ2n) is 2.95. The highest BCUT2D eigenvalue weighted by atomic mass is 16.5. The molecule has 0 saturated heterocycles. The molecule has 0 atom stereocenters. The van der Waals surface area contributed by atoms with E-state index in [9.17, 15) is 4.79 Å². The van der Waals surface area contributed by atoms with Gasteiger partial charge in [0.15, 0.2) is 0 Å². The van der Waals surface area contributed by atoms with Gasteiger partial charge in [0.05, 0.1) is 18.5 Å². The second kappa shape index (κ2) is 5.80. The van der Waals surface area contributed by atoms with Crippen LogP contribution in [-0.4, -0.2) is 17.6 Å². The Morgan fingerprint density at radius 2 is 2.47 bits per heavy atom. The van der Waals surface area contributed by atoms with Crippen LogP contribution in [0.3, 0.4) is 0 Å². The molecule has 1 rings (SSSR count). The Kier molecular flexibility index (Phi) is 4.34. The van der Waals surface area contributed by atoms with Crippen LogP contribution < -0.4 is 5.32 Å². The second-order valence-corrected chi connectivity index (χ2v) is 2.95. The third kappa shape index (κ3) is 4.26.